The van der Waals surface area contributed by atoms with Gasteiger partial charge in [0.05, 0.1) is 19.2 Å². The van der Waals surface area contributed by atoms with Gasteiger partial charge in [-0.2, -0.15) is 0 Å². The van der Waals surface area contributed by atoms with Crippen molar-refractivity contribution in [1.82, 2.24) is 9.80 Å². The lowest BCUT2D eigenvalue weighted by atomic mass is 10.2. The van der Waals surface area contributed by atoms with Gasteiger partial charge >= 0.3 is 5.97 Å². The summed E-state index contributed by atoms with van der Waals surface area (Å²) in [5.74, 6) is -0.507. The van der Waals surface area contributed by atoms with E-state index >= 15 is 0 Å². The van der Waals surface area contributed by atoms with Crippen molar-refractivity contribution >= 4 is 28.2 Å². The minimum atomic E-state index is -0.416. The molecule has 0 bridgehead atoms. The molecule has 28 heavy (non-hydrogen) atoms. The molecule has 6 nitrogen and oxygen atoms in total. The molecule has 0 spiro atoms. The van der Waals surface area contributed by atoms with E-state index in [0.29, 0.717) is 17.1 Å². The van der Waals surface area contributed by atoms with Crippen LogP contribution in [0.1, 0.15) is 27.7 Å². The molecule has 3 rings (SSSR count). The maximum absolute atomic E-state index is 12.5. The summed E-state index contributed by atoms with van der Waals surface area (Å²) in [6, 6.07) is 12.2. The van der Waals surface area contributed by atoms with Crippen LogP contribution in [0.4, 0.5) is 5.00 Å². The maximum atomic E-state index is 12.5. The summed E-state index contributed by atoms with van der Waals surface area (Å²) in [6.07, 6.45) is 0.813. The van der Waals surface area contributed by atoms with Gasteiger partial charge in [-0.15, -0.1) is 11.3 Å². The van der Waals surface area contributed by atoms with Crippen LogP contribution in [0.3, 0.4) is 0 Å². The van der Waals surface area contributed by atoms with Gasteiger partial charge in [0, 0.05) is 37.6 Å². The van der Waals surface area contributed by atoms with Crippen molar-refractivity contribution in [3.63, 3.8) is 0 Å². The Bertz CT molecular complexity index is 798. The summed E-state index contributed by atoms with van der Waals surface area (Å²) < 4.78 is 4.83. The third kappa shape index (κ3) is 5.41. The Morgan fingerprint density at radius 1 is 1.11 bits per heavy atom. The molecule has 2 aromatic rings. The predicted molar refractivity (Wildman–Crippen MR) is 112 cm³/mol. The summed E-state index contributed by atoms with van der Waals surface area (Å²) >= 11 is 1.44. The van der Waals surface area contributed by atoms with Crippen LogP contribution in [0.15, 0.2) is 36.4 Å². The molecule has 2 heterocycles. The Morgan fingerprint density at radius 2 is 1.79 bits per heavy atom. The Hall–Kier alpha value is -2.22. The zero-order chi connectivity index (χ0) is 19.9. The first-order valence-electron chi connectivity index (χ1n) is 9.58. The molecule has 1 aliphatic rings. The highest BCUT2D eigenvalue weighted by Gasteiger charge is 2.22. The second-order valence-corrected chi connectivity index (χ2v) is 8.02. The van der Waals surface area contributed by atoms with Gasteiger partial charge < -0.3 is 10.1 Å². The van der Waals surface area contributed by atoms with Gasteiger partial charge in [0.1, 0.15) is 5.00 Å². The highest BCUT2D eigenvalue weighted by atomic mass is 32.1. The van der Waals surface area contributed by atoms with Crippen molar-refractivity contribution < 1.29 is 14.3 Å². The topological polar surface area (TPSA) is 61.9 Å². The van der Waals surface area contributed by atoms with Crippen molar-refractivity contribution in [3.8, 4) is 0 Å². The van der Waals surface area contributed by atoms with E-state index in [-0.39, 0.29) is 5.91 Å². The van der Waals surface area contributed by atoms with Crippen LogP contribution in [0.2, 0.25) is 0 Å². The molecule has 1 aromatic heterocycles. The molecule has 1 fully saturated rings. The summed E-state index contributed by atoms with van der Waals surface area (Å²) in [5, 5.41) is 3.48. The Labute approximate surface area is 170 Å². The first-order chi connectivity index (χ1) is 13.6. The molecule has 150 valence electrons. The monoisotopic (exact) mass is 401 g/mol. The van der Waals surface area contributed by atoms with Crippen molar-refractivity contribution in [3.05, 3.63) is 52.4 Å². The zero-order valence-electron chi connectivity index (χ0n) is 16.4. The molecule has 7 heteroatoms. The fraction of sp³-hybridized carbons (Fsp3) is 0.429. The third-order valence-electron chi connectivity index (χ3n) is 4.87. The normalized spacial score (nSPS) is 15.4. The number of ether oxygens (including phenoxy) is 1. The van der Waals surface area contributed by atoms with E-state index in [2.05, 4.69) is 39.4 Å². The fourth-order valence-electron chi connectivity index (χ4n) is 3.29. The number of anilines is 1. The van der Waals surface area contributed by atoms with Crippen LogP contribution >= 0.6 is 11.3 Å². The van der Waals surface area contributed by atoms with E-state index in [1.54, 1.807) is 6.07 Å². The first-order valence-corrected chi connectivity index (χ1v) is 10.4. The molecule has 0 unspecified atom stereocenters. The van der Waals surface area contributed by atoms with E-state index in [0.717, 1.165) is 44.0 Å². The Kier molecular flexibility index (Phi) is 7.19. The maximum Gasteiger partial charge on any atom is 0.340 e. The minimum absolute atomic E-state index is 0.0915. The molecule has 0 aliphatic carbocycles. The van der Waals surface area contributed by atoms with Crippen molar-refractivity contribution in [1.29, 1.82) is 0 Å². The number of hydrogen-bond acceptors (Lipinski definition) is 6. The van der Waals surface area contributed by atoms with Crippen LogP contribution < -0.4 is 5.32 Å². The largest absolute Gasteiger partial charge is 0.465 e. The number of esters is 1. The molecule has 1 aromatic carbocycles. The second-order valence-electron chi connectivity index (χ2n) is 6.89. The van der Waals surface area contributed by atoms with Crippen LogP contribution in [-0.2, 0) is 22.5 Å². The highest BCUT2D eigenvalue weighted by Crippen LogP contribution is 2.29. The molecule has 0 atom stereocenters. The van der Waals surface area contributed by atoms with Crippen LogP contribution in [0, 0.1) is 0 Å². The van der Waals surface area contributed by atoms with Gasteiger partial charge in [0.15, 0.2) is 0 Å². The highest BCUT2D eigenvalue weighted by molar-refractivity contribution is 7.16. The number of rotatable bonds is 7. The summed E-state index contributed by atoms with van der Waals surface area (Å²) in [5.41, 5.74) is 1.75. The van der Waals surface area contributed by atoms with Gasteiger partial charge in [-0.1, -0.05) is 37.3 Å². The number of amides is 1. The quantitative estimate of drug-likeness (QED) is 0.723. The van der Waals surface area contributed by atoms with Crippen LogP contribution in [0.25, 0.3) is 0 Å². The molecular weight excluding hydrogens is 374 g/mol. The van der Waals surface area contributed by atoms with Gasteiger partial charge in [-0.3, -0.25) is 14.6 Å². The third-order valence-corrected chi connectivity index (χ3v) is 6.07. The number of benzene rings is 1. The molecule has 1 amide bonds. The predicted octanol–water partition coefficient (Wildman–Crippen LogP) is 2.85. The molecule has 1 aliphatic heterocycles. The van der Waals surface area contributed by atoms with E-state index in [4.69, 9.17) is 4.74 Å². The average molecular weight is 402 g/mol. The zero-order valence-corrected chi connectivity index (χ0v) is 17.3. The number of methoxy groups -OCH3 is 1. The number of aryl methyl sites for hydroxylation is 1. The van der Waals surface area contributed by atoms with Gasteiger partial charge in [0.2, 0.25) is 5.91 Å². The standard InChI is InChI=1S/C21H27N3O3S/c1-3-17-13-18(21(26)27-2)20(28-17)22-19(25)15-24-11-9-23(10-12-24)14-16-7-5-4-6-8-16/h4-8,13H,3,9-12,14-15H2,1-2H3,(H,22,25). The summed E-state index contributed by atoms with van der Waals surface area (Å²) in [4.78, 5) is 30.1. The van der Waals surface area contributed by atoms with E-state index in [1.807, 2.05) is 13.0 Å². The minimum Gasteiger partial charge on any atom is -0.465 e. The van der Waals surface area contributed by atoms with Crippen molar-refractivity contribution in [2.45, 2.75) is 19.9 Å². The molecule has 1 N–H and O–H groups in total. The number of piperazine rings is 1. The number of nitrogens with one attached hydrogen (secondary N) is 1. The average Bonchev–Trinajstić information content (AvgIpc) is 3.12. The lowest BCUT2D eigenvalue weighted by Crippen LogP contribution is -2.48. The number of thiophene rings is 1. The fourth-order valence-corrected chi connectivity index (χ4v) is 4.29. The number of nitrogens with zero attached hydrogens (tertiary/aromatic N) is 2. The van der Waals surface area contributed by atoms with E-state index in [9.17, 15) is 9.59 Å². The van der Waals surface area contributed by atoms with E-state index < -0.39 is 5.97 Å². The number of carbonyl (C=O) groups excluding carboxylic acids is 2. The smallest absolute Gasteiger partial charge is 0.340 e. The van der Waals surface area contributed by atoms with Gasteiger partial charge in [-0.05, 0) is 18.1 Å². The first kappa shape index (κ1) is 20.5. The Morgan fingerprint density at radius 3 is 2.43 bits per heavy atom. The van der Waals surface area contributed by atoms with Crippen molar-refractivity contribution in [2.24, 2.45) is 0 Å². The summed E-state index contributed by atoms with van der Waals surface area (Å²) in [6.45, 7) is 6.89. The van der Waals surface area contributed by atoms with Crippen LogP contribution in [-0.4, -0.2) is 61.5 Å². The lowest BCUT2D eigenvalue weighted by molar-refractivity contribution is -0.117. The Balaban J connectivity index is 1.50. The second kappa shape index (κ2) is 9.82. The summed E-state index contributed by atoms with van der Waals surface area (Å²) in [7, 11) is 1.35. The van der Waals surface area contributed by atoms with E-state index in [1.165, 1.54) is 24.0 Å². The number of carbonyl (C=O) groups is 2. The molecule has 0 saturated carbocycles. The van der Waals surface area contributed by atoms with Gasteiger partial charge in [0.25, 0.3) is 0 Å². The van der Waals surface area contributed by atoms with Crippen LogP contribution in [0.5, 0.6) is 0 Å². The SMILES string of the molecule is CCc1cc(C(=O)OC)c(NC(=O)CN2CCN(Cc3ccccc3)CC2)s1. The van der Waals surface area contributed by atoms with Gasteiger partial charge in [-0.25, -0.2) is 4.79 Å². The number of hydrogen-bond donors (Lipinski definition) is 1. The lowest BCUT2D eigenvalue weighted by Gasteiger charge is -2.34. The molecule has 0 radical (unpaired) electrons. The van der Waals surface area contributed by atoms with Crippen molar-refractivity contribution in [2.75, 3.05) is 45.2 Å². The molecule has 1 saturated heterocycles. The molecular formula is C21H27N3O3S.